The first-order chi connectivity index (χ1) is 8.39. The molecule has 1 heterocycles. The van der Waals surface area contributed by atoms with Crippen molar-refractivity contribution in [2.45, 2.75) is 20.8 Å². The third kappa shape index (κ3) is 1.57. The van der Waals surface area contributed by atoms with Gasteiger partial charge in [0.2, 0.25) is 17.9 Å². The van der Waals surface area contributed by atoms with Crippen molar-refractivity contribution in [3.05, 3.63) is 23.8 Å². The quantitative estimate of drug-likeness (QED) is 0.345. The Bertz CT molecular complexity index is 580. The topological polar surface area (TPSA) is 66.8 Å². The van der Waals surface area contributed by atoms with Crippen LogP contribution in [0.5, 0.6) is 0 Å². The molecule has 1 aromatic carbocycles. The molecule has 92 valence electrons. The summed E-state index contributed by atoms with van der Waals surface area (Å²) in [5.41, 5.74) is 0.664. The molecule has 5 nitrogen and oxygen atoms in total. The van der Waals surface area contributed by atoms with E-state index in [0.29, 0.717) is 11.4 Å². The zero-order valence-corrected chi connectivity index (χ0v) is 10.4. The maximum atomic E-state index is 11.8. The van der Waals surface area contributed by atoms with E-state index in [0.717, 1.165) is 10.5 Å². The van der Waals surface area contributed by atoms with E-state index in [2.05, 4.69) is 4.99 Å². The molecule has 18 heavy (non-hydrogen) atoms. The molecule has 0 aliphatic carbocycles. The van der Waals surface area contributed by atoms with Crippen molar-refractivity contribution < 1.29 is 14.4 Å². The highest BCUT2D eigenvalue weighted by atomic mass is 16.2. The number of isocyanates is 1. The monoisotopic (exact) mass is 244 g/mol. The molecule has 1 saturated heterocycles. The Morgan fingerprint density at radius 2 is 1.83 bits per heavy atom. The van der Waals surface area contributed by atoms with Gasteiger partial charge in [0.25, 0.3) is 0 Å². The fraction of sp³-hybridized carbons (Fsp3) is 0.308. The van der Waals surface area contributed by atoms with Crippen molar-refractivity contribution in [1.29, 1.82) is 0 Å². The summed E-state index contributed by atoms with van der Waals surface area (Å²) >= 11 is 0. The number of hydrogen-bond acceptors (Lipinski definition) is 4. The highest BCUT2D eigenvalue weighted by Crippen LogP contribution is 2.38. The lowest BCUT2D eigenvalue weighted by atomic mass is 9.81. The molecule has 0 aromatic heterocycles. The molecule has 5 heteroatoms. The molecular formula is C13H12N2O3. The Balaban J connectivity index is 2.43. The first-order valence-electron chi connectivity index (χ1n) is 5.47. The van der Waals surface area contributed by atoms with Crippen LogP contribution >= 0.6 is 0 Å². The summed E-state index contributed by atoms with van der Waals surface area (Å²) in [5.74, 6) is -0.505. The average Bonchev–Trinajstić information content (AvgIpc) is 2.34. The van der Waals surface area contributed by atoms with Gasteiger partial charge in [-0.15, -0.1) is 0 Å². The van der Waals surface area contributed by atoms with E-state index in [-0.39, 0.29) is 11.8 Å². The summed E-state index contributed by atoms with van der Waals surface area (Å²) in [5, 5.41) is 0. The highest BCUT2D eigenvalue weighted by molar-refractivity contribution is 6.35. The molecule has 1 aliphatic heterocycles. The van der Waals surface area contributed by atoms with Crippen LogP contribution in [-0.2, 0) is 14.4 Å². The average molecular weight is 244 g/mol. The van der Waals surface area contributed by atoms with Crippen LogP contribution in [0, 0.1) is 12.3 Å². The number of carbonyl (C=O) groups excluding carboxylic acids is 3. The van der Waals surface area contributed by atoms with Gasteiger partial charge in [0.05, 0.1) is 11.4 Å². The fourth-order valence-corrected chi connectivity index (χ4v) is 1.83. The Kier molecular flexibility index (Phi) is 2.64. The summed E-state index contributed by atoms with van der Waals surface area (Å²) in [6.07, 6.45) is 1.45. The molecule has 0 radical (unpaired) electrons. The van der Waals surface area contributed by atoms with Gasteiger partial charge in [-0.1, -0.05) is 6.07 Å². The Hall–Kier alpha value is -2.26. The Labute approximate surface area is 104 Å². The second-order valence-corrected chi connectivity index (χ2v) is 4.74. The van der Waals surface area contributed by atoms with Gasteiger partial charge in [-0.25, -0.2) is 9.69 Å². The maximum absolute atomic E-state index is 11.8. The number of imide groups is 1. The van der Waals surface area contributed by atoms with Crippen LogP contribution in [0.15, 0.2) is 23.2 Å². The number of anilines is 1. The fourth-order valence-electron chi connectivity index (χ4n) is 1.83. The van der Waals surface area contributed by atoms with Gasteiger partial charge in [0.15, 0.2) is 0 Å². The number of aryl methyl sites for hydroxylation is 1. The van der Waals surface area contributed by atoms with Crippen molar-refractivity contribution in [3.63, 3.8) is 0 Å². The Morgan fingerprint density at radius 1 is 1.22 bits per heavy atom. The molecule has 0 unspecified atom stereocenters. The van der Waals surface area contributed by atoms with Crippen molar-refractivity contribution in [3.8, 4) is 0 Å². The molecule has 1 aromatic rings. The summed E-state index contributed by atoms with van der Waals surface area (Å²) in [4.78, 5) is 38.6. The van der Waals surface area contributed by atoms with Crippen molar-refractivity contribution in [2.75, 3.05) is 4.90 Å². The SMILES string of the molecule is Cc1ccc(N2C(=O)C(C)(C)C2=O)cc1N=C=O. The minimum Gasteiger partial charge on any atom is -0.273 e. The third-order valence-corrected chi connectivity index (χ3v) is 3.09. The molecule has 0 bridgehead atoms. The van der Waals surface area contributed by atoms with Crippen LogP contribution in [0.4, 0.5) is 11.4 Å². The molecule has 1 aliphatic rings. The molecule has 1 fully saturated rings. The summed E-state index contributed by atoms with van der Waals surface area (Å²) < 4.78 is 0. The minimum atomic E-state index is -0.959. The van der Waals surface area contributed by atoms with Gasteiger partial charge in [0.1, 0.15) is 5.41 Å². The van der Waals surface area contributed by atoms with Crippen molar-refractivity contribution in [2.24, 2.45) is 10.4 Å². The largest absolute Gasteiger partial charge is 0.273 e. The predicted molar refractivity (Wildman–Crippen MR) is 65.2 cm³/mol. The van der Waals surface area contributed by atoms with Crippen LogP contribution in [0.1, 0.15) is 19.4 Å². The van der Waals surface area contributed by atoms with E-state index >= 15 is 0 Å². The van der Waals surface area contributed by atoms with Gasteiger partial charge in [-0.2, -0.15) is 4.99 Å². The normalized spacial score (nSPS) is 17.2. The van der Waals surface area contributed by atoms with Gasteiger partial charge in [0, 0.05) is 0 Å². The molecule has 2 rings (SSSR count). The van der Waals surface area contributed by atoms with E-state index in [1.165, 1.54) is 12.1 Å². The van der Waals surface area contributed by atoms with Gasteiger partial charge >= 0.3 is 0 Å². The number of rotatable bonds is 2. The number of hydrogen-bond donors (Lipinski definition) is 0. The summed E-state index contributed by atoms with van der Waals surface area (Å²) in [6, 6.07) is 4.90. The molecule has 2 amide bonds. The van der Waals surface area contributed by atoms with Crippen molar-refractivity contribution in [1.82, 2.24) is 0 Å². The number of carbonyl (C=O) groups is 2. The van der Waals surface area contributed by atoms with Gasteiger partial charge in [-0.05, 0) is 38.5 Å². The maximum Gasteiger partial charge on any atom is 0.248 e. The van der Waals surface area contributed by atoms with Gasteiger partial charge < -0.3 is 0 Å². The lowest BCUT2D eigenvalue weighted by Crippen LogP contribution is -2.63. The zero-order chi connectivity index (χ0) is 13.5. The molecule has 0 N–H and O–H groups in total. The minimum absolute atomic E-state index is 0.252. The number of nitrogens with zero attached hydrogens (tertiary/aromatic N) is 2. The number of benzene rings is 1. The van der Waals surface area contributed by atoms with Crippen LogP contribution in [-0.4, -0.2) is 17.9 Å². The van der Waals surface area contributed by atoms with E-state index in [4.69, 9.17) is 0 Å². The molecular weight excluding hydrogens is 232 g/mol. The smallest absolute Gasteiger partial charge is 0.248 e. The van der Waals surface area contributed by atoms with Crippen LogP contribution < -0.4 is 4.90 Å². The molecule has 0 spiro atoms. The second-order valence-electron chi connectivity index (χ2n) is 4.74. The van der Waals surface area contributed by atoms with Crippen molar-refractivity contribution >= 4 is 29.3 Å². The first-order valence-corrected chi connectivity index (χ1v) is 5.47. The zero-order valence-electron chi connectivity index (χ0n) is 10.4. The number of aliphatic imine (C=N–C) groups is 1. The van der Waals surface area contributed by atoms with E-state index in [1.807, 2.05) is 0 Å². The summed E-state index contributed by atoms with van der Waals surface area (Å²) in [6.45, 7) is 4.96. The molecule has 0 saturated carbocycles. The summed E-state index contributed by atoms with van der Waals surface area (Å²) in [7, 11) is 0. The first kappa shape index (κ1) is 12.2. The Morgan fingerprint density at radius 3 is 2.39 bits per heavy atom. The van der Waals surface area contributed by atoms with Crippen LogP contribution in [0.3, 0.4) is 0 Å². The number of amides is 2. The molecule has 0 atom stereocenters. The van der Waals surface area contributed by atoms with Gasteiger partial charge in [-0.3, -0.25) is 9.59 Å². The second kappa shape index (κ2) is 3.89. The number of β-lactam (4-membered cyclic amide) rings is 2. The van der Waals surface area contributed by atoms with E-state index in [9.17, 15) is 14.4 Å². The van der Waals surface area contributed by atoms with E-state index < -0.39 is 5.41 Å². The third-order valence-electron chi connectivity index (χ3n) is 3.09. The lowest BCUT2D eigenvalue weighted by Gasteiger charge is -2.41. The van der Waals surface area contributed by atoms with E-state index in [1.54, 1.807) is 32.9 Å². The lowest BCUT2D eigenvalue weighted by molar-refractivity contribution is -0.149. The standard InChI is InChI=1S/C13H12N2O3/c1-8-4-5-9(6-10(8)14-7-16)15-11(17)13(2,3)12(15)18/h4-6H,1-3H3. The highest BCUT2D eigenvalue weighted by Gasteiger charge is 2.54. The predicted octanol–water partition coefficient (Wildman–Crippen LogP) is 1.86. The van der Waals surface area contributed by atoms with Crippen LogP contribution in [0.2, 0.25) is 0 Å². The van der Waals surface area contributed by atoms with Crippen LogP contribution in [0.25, 0.3) is 0 Å².